The lowest BCUT2D eigenvalue weighted by atomic mass is 10.0. The van der Waals surface area contributed by atoms with Gasteiger partial charge in [0.05, 0.1) is 5.92 Å². The molecule has 102 valence electrons. The first kappa shape index (κ1) is 13.9. The molecular formula is C13H15BrN2O3. The Balaban J connectivity index is 2.10. The Morgan fingerprint density at radius 2 is 2.05 bits per heavy atom. The number of halogens is 1. The third-order valence-electron chi connectivity index (χ3n) is 3.33. The molecule has 1 aromatic carbocycles. The topological polar surface area (TPSA) is 92.4 Å². The molecule has 19 heavy (non-hydrogen) atoms. The maximum atomic E-state index is 12.1. The average molecular weight is 327 g/mol. The summed E-state index contributed by atoms with van der Waals surface area (Å²) in [6.45, 7) is 0. The number of carboxylic acids is 1. The van der Waals surface area contributed by atoms with Crippen LogP contribution in [-0.4, -0.2) is 23.0 Å². The lowest BCUT2D eigenvalue weighted by molar-refractivity contribution is -0.142. The van der Waals surface area contributed by atoms with E-state index in [4.69, 9.17) is 10.8 Å². The van der Waals surface area contributed by atoms with Gasteiger partial charge in [-0.25, -0.2) is 0 Å². The van der Waals surface area contributed by atoms with E-state index in [1.807, 2.05) is 0 Å². The molecule has 1 fully saturated rings. The minimum atomic E-state index is -0.850. The number of nitrogen functional groups attached to an aromatic ring is 1. The van der Waals surface area contributed by atoms with Crippen molar-refractivity contribution in [2.75, 3.05) is 5.73 Å². The van der Waals surface area contributed by atoms with Gasteiger partial charge < -0.3 is 16.2 Å². The zero-order chi connectivity index (χ0) is 14.0. The van der Waals surface area contributed by atoms with Crippen LogP contribution in [0.25, 0.3) is 0 Å². The summed E-state index contributed by atoms with van der Waals surface area (Å²) in [5.74, 6) is -1.63. The maximum Gasteiger partial charge on any atom is 0.308 e. The number of hydrogen-bond donors (Lipinski definition) is 3. The molecule has 0 spiro atoms. The second kappa shape index (κ2) is 5.61. The Labute approximate surface area is 119 Å². The molecule has 1 saturated carbocycles. The maximum absolute atomic E-state index is 12.1. The zero-order valence-corrected chi connectivity index (χ0v) is 11.8. The number of hydrogen-bond acceptors (Lipinski definition) is 3. The quantitative estimate of drug-likeness (QED) is 0.741. The van der Waals surface area contributed by atoms with Gasteiger partial charge in [0.2, 0.25) is 0 Å². The highest BCUT2D eigenvalue weighted by Crippen LogP contribution is 2.26. The molecule has 1 aromatic rings. The highest BCUT2D eigenvalue weighted by atomic mass is 79.9. The van der Waals surface area contributed by atoms with E-state index in [1.54, 1.807) is 18.2 Å². The van der Waals surface area contributed by atoms with E-state index in [9.17, 15) is 9.59 Å². The largest absolute Gasteiger partial charge is 0.481 e. The number of carbonyl (C=O) groups excluding carboxylic acids is 1. The molecule has 4 N–H and O–H groups in total. The zero-order valence-electron chi connectivity index (χ0n) is 10.2. The second-order valence-corrected chi connectivity index (χ2v) is 5.64. The van der Waals surface area contributed by atoms with Gasteiger partial charge in [-0.05, 0) is 31.0 Å². The molecule has 2 unspecified atom stereocenters. The summed E-state index contributed by atoms with van der Waals surface area (Å²) in [4.78, 5) is 23.2. The van der Waals surface area contributed by atoms with Crippen molar-refractivity contribution in [3.63, 3.8) is 0 Å². The lowest BCUT2D eigenvalue weighted by Gasteiger charge is -2.17. The van der Waals surface area contributed by atoms with E-state index in [0.717, 1.165) is 10.9 Å². The van der Waals surface area contributed by atoms with Gasteiger partial charge in [0, 0.05) is 21.8 Å². The highest BCUT2D eigenvalue weighted by molar-refractivity contribution is 9.10. The number of carbonyl (C=O) groups is 2. The SMILES string of the molecule is Nc1cc(Br)cc(C(=O)NC2CCCC2C(=O)O)c1. The van der Waals surface area contributed by atoms with E-state index in [0.29, 0.717) is 24.1 Å². The van der Waals surface area contributed by atoms with Crippen molar-refractivity contribution in [2.45, 2.75) is 25.3 Å². The van der Waals surface area contributed by atoms with Crippen LogP contribution in [0.15, 0.2) is 22.7 Å². The van der Waals surface area contributed by atoms with Gasteiger partial charge >= 0.3 is 5.97 Å². The van der Waals surface area contributed by atoms with Crippen molar-refractivity contribution in [3.8, 4) is 0 Å². The fourth-order valence-electron chi connectivity index (χ4n) is 2.42. The predicted molar refractivity (Wildman–Crippen MR) is 74.8 cm³/mol. The summed E-state index contributed by atoms with van der Waals surface area (Å²) in [5, 5.41) is 11.9. The fourth-order valence-corrected chi connectivity index (χ4v) is 2.93. The van der Waals surface area contributed by atoms with Crippen LogP contribution in [0, 0.1) is 5.92 Å². The normalized spacial score (nSPS) is 22.2. The summed E-state index contributed by atoms with van der Waals surface area (Å²) in [5.41, 5.74) is 6.60. The van der Waals surface area contributed by atoms with Crippen LogP contribution in [0.5, 0.6) is 0 Å². The Bertz CT molecular complexity index is 498. The second-order valence-electron chi connectivity index (χ2n) is 4.73. The molecule has 1 aliphatic carbocycles. The minimum absolute atomic E-state index is 0.286. The standard InChI is InChI=1S/C13H15BrN2O3/c14-8-4-7(5-9(15)6-8)12(17)16-11-3-1-2-10(11)13(18)19/h4-6,10-11H,1-3,15H2,(H,16,17)(H,18,19). The van der Waals surface area contributed by atoms with Crippen LogP contribution in [-0.2, 0) is 4.79 Å². The third-order valence-corrected chi connectivity index (χ3v) is 3.79. The van der Waals surface area contributed by atoms with Crippen molar-refractivity contribution < 1.29 is 14.7 Å². The van der Waals surface area contributed by atoms with Gasteiger partial charge in [-0.15, -0.1) is 0 Å². The molecule has 1 amide bonds. The van der Waals surface area contributed by atoms with Gasteiger partial charge in [0.1, 0.15) is 0 Å². The average Bonchev–Trinajstić information content (AvgIpc) is 2.75. The van der Waals surface area contributed by atoms with Crippen LogP contribution in [0.2, 0.25) is 0 Å². The summed E-state index contributed by atoms with van der Waals surface area (Å²) in [6.07, 6.45) is 2.13. The van der Waals surface area contributed by atoms with Gasteiger partial charge in [-0.3, -0.25) is 9.59 Å². The molecular weight excluding hydrogens is 312 g/mol. The van der Waals surface area contributed by atoms with Gasteiger partial charge in [0.25, 0.3) is 5.91 Å². The van der Waals surface area contributed by atoms with E-state index >= 15 is 0 Å². The number of aliphatic carboxylic acids is 1. The van der Waals surface area contributed by atoms with E-state index in [-0.39, 0.29) is 11.9 Å². The van der Waals surface area contributed by atoms with Gasteiger partial charge in [0.15, 0.2) is 0 Å². The minimum Gasteiger partial charge on any atom is -0.481 e. The van der Waals surface area contributed by atoms with Crippen LogP contribution in [0.3, 0.4) is 0 Å². The Hall–Kier alpha value is -1.56. The number of nitrogens with two attached hydrogens (primary N) is 1. The summed E-state index contributed by atoms with van der Waals surface area (Å²) in [6, 6.07) is 4.64. The molecule has 0 aliphatic heterocycles. The summed E-state index contributed by atoms with van der Waals surface area (Å²) < 4.78 is 0.721. The molecule has 1 aliphatic rings. The van der Waals surface area contributed by atoms with Gasteiger partial charge in [-0.2, -0.15) is 0 Å². The lowest BCUT2D eigenvalue weighted by Crippen LogP contribution is -2.40. The van der Waals surface area contributed by atoms with Crippen LogP contribution >= 0.6 is 15.9 Å². The van der Waals surface area contributed by atoms with Crippen LogP contribution < -0.4 is 11.1 Å². The molecule has 2 atom stereocenters. The molecule has 2 rings (SSSR count). The van der Waals surface area contributed by atoms with Crippen molar-refractivity contribution in [3.05, 3.63) is 28.2 Å². The number of carboxylic acid groups (broad SMARTS) is 1. The van der Waals surface area contributed by atoms with E-state index in [1.165, 1.54) is 0 Å². The number of rotatable bonds is 3. The number of anilines is 1. The Morgan fingerprint density at radius 1 is 1.32 bits per heavy atom. The first-order valence-electron chi connectivity index (χ1n) is 6.07. The molecule has 0 radical (unpaired) electrons. The monoisotopic (exact) mass is 326 g/mol. The van der Waals surface area contributed by atoms with Crippen molar-refractivity contribution >= 4 is 33.5 Å². The first-order chi connectivity index (χ1) is 8.97. The van der Waals surface area contributed by atoms with Crippen molar-refractivity contribution in [2.24, 2.45) is 5.92 Å². The number of amides is 1. The highest BCUT2D eigenvalue weighted by Gasteiger charge is 2.34. The van der Waals surface area contributed by atoms with Gasteiger partial charge in [-0.1, -0.05) is 22.4 Å². The van der Waals surface area contributed by atoms with Crippen LogP contribution in [0.1, 0.15) is 29.6 Å². The third kappa shape index (κ3) is 3.26. The smallest absolute Gasteiger partial charge is 0.308 e. The van der Waals surface area contributed by atoms with Crippen molar-refractivity contribution in [1.82, 2.24) is 5.32 Å². The predicted octanol–water partition coefficient (Wildman–Crippen LogP) is 2.01. The summed E-state index contributed by atoms with van der Waals surface area (Å²) >= 11 is 3.27. The van der Waals surface area contributed by atoms with Crippen molar-refractivity contribution in [1.29, 1.82) is 0 Å². The molecule has 5 nitrogen and oxygen atoms in total. The summed E-state index contributed by atoms with van der Waals surface area (Å²) in [7, 11) is 0. The first-order valence-corrected chi connectivity index (χ1v) is 6.86. The molecule has 0 bridgehead atoms. The molecule has 0 aromatic heterocycles. The fraction of sp³-hybridized carbons (Fsp3) is 0.385. The number of benzene rings is 1. The molecule has 0 heterocycles. The molecule has 0 saturated heterocycles. The Kier molecular flexibility index (Phi) is 4.09. The van der Waals surface area contributed by atoms with E-state index in [2.05, 4.69) is 21.2 Å². The van der Waals surface area contributed by atoms with Crippen LogP contribution in [0.4, 0.5) is 5.69 Å². The Morgan fingerprint density at radius 3 is 2.68 bits per heavy atom. The number of nitrogens with one attached hydrogen (secondary N) is 1. The van der Waals surface area contributed by atoms with E-state index < -0.39 is 11.9 Å². The molecule has 6 heteroatoms.